The number of carbonyl (C=O) groups excluding carboxylic acids is 5. The van der Waals surface area contributed by atoms with Crippen LogP contribution in [0.4, 0.5) is 4.79 Å². The molecule has 0 bridgehead atoms. The molecule has 16 nitrogen and oxygen atoms in total. The minimum absolute atomic E-state index is 0. The van der Waals surface area contributed by atoms with Gasteiger partial charge in [0.15, 0.2) is 20.9 Å². The van der Waals surface area contributed by atoms with Gasteiger partial charge in [-0.05, 0) is 70.5 Å². The summed E-state index contributed by atoms with van der Waals surface area (Å²) in [6, 6.07) is -1.36. The van der Waals surface area contributed by atoms with E-state index in [1.807, 2.05) is 57.7 Å². The normalized spacial score (nSPS) is 15.3. The van der Waals surface area contributed by atoms with E-state index in [0.717, 1.165) is 18.8 Å². The van der Waals surface area contributed by atoms with Crippen molar-refractivity contribution < 1.29 is 28.7 Å². The quantitative estimate of drug-likeness (QED) is 0.324. The van der Waals surface area contributed by atoms with Crippen molar-refractivity contribution in [3.8, 4) is 0 Å². The zero-order chi connectivity index (χ0) is 39.5. The third-order valence-electron chi connectivity index (χ3n) is 8.49. The van der Waals surface area contributed by atoms with Gasteiger partial charge >= 0.3 is 6.09 Å². The Labute approximate surface area is 337 Å². The van der Waals surface area contributed by atoms with Crippen LogP contribution in [0.25, 0.3) is 0 Å². The number of ether oxygens (including phenoxy) is 1. The highest BCUT2D eigenvalue weighted by Crippen LogP contribution is 2.27. The maximum absolute atomic E-state index is 13.0. The number of aromatic nitrogens is 4. The maximum Gasteiger partial charge on any atom is 0.410 e. The summed E-state index contributed by atoms with van der Waals surface area (Å²) in [5.41, 5.74) is 0.524. The maximum atomic E-state index is 13.0. The molecule has 18 heteroatoms. The summed E-state index contributed by atoms with van der Waals surface area (Å²) >= 11 is 6.80. The molecule has 0 unspecified atom stereocenters. The molecule has 4 N–H and O–H groups in total. The number of hydrogen-bond acceptors (Lipinski definition) is 9. The number of rotatable bonds is 6. The number of imidazole rings is 2. The van der Waals surface area contributed by atoms with Crippen LogP contribution in [0.1, 0.15) is 110 Å². The molecule has 5 amide bonds. The zero-order valence-electron chi connectivity index (χ0n) is 32.3. The topological polar surface area (TPSA) is 185 Å². The Morgan fingerprint density at radius 2 is 1.06 bits per heavy atom. The summed E-state index contributed by atoms with van der Waals surface area (Å²) in [6.07, 6.45) is -0.439. The number of hydrogen-bond donors (Lipinski definition) is 4. The highest BCUT2D eigenvalue weighted by Gasteiger charge is 2.37. The summed E-state index contributed by atoms with van der Waals surface area (Å²) in [5, 5.41) is 10.8. The Hall–Kier alpha value is -3.51. The molecule has 4 rings (SSSR count). The van der Waals surface area contributed by atoms with E-state index < -0.39 is 40.5 Å². The molecule has 0 spiro atoms. The van der Waals surface area contributed by atoms with E-state index in [9.17, 15) is 24.0 Å². The van der Waals surface area contributed by atoms with Gasteiger partial charge < -0.3 is 40.0 Å². The summed E-state index contributed by atoms with van der Waals surface area (Å²) < 4.78 is 10.5. The molecule has 0 aromatic carbocycles. The average Bonchev–Trinajstić information content (AvgIpc) is 3.55. The number of nitrogens with one attached hydrogen (secondary N) is 4. The molecule has 306 valence electrons. The summed E-state index contributed by atoms with van der Waals surface area (Å²) in [7, 11) is 5.10. The van der Waals surface area contributed by atoms with E-state index in [0.29, 0.717) is 40.5 Å². The fourth-order valence-corrected chi connectivity index (χ4v) is 6.80. The van der Waals surface area contributed by atoms with Crippen LogP contribution >= 0.6 is 31.9 Å². The molecular weight excluding hydrogens is 828 g/mol. The van der Waals surface area contributed by atoms with Gasteiger partial charge in [-0.1, -0.05) is 56.4 Å². The SMILES string of the molecule is C.C.CNC(=O)[C@@H](NC(=O)c1nc(Br)n2c1CN(C(=O)OC(C)(C)C)CC2)C(C)(C)C.CNC(=O)[C@@H](NC(=O)c1nc(Br)n2c1CN(C)CC2)C(C)(C)C. The molecule has 0 saturated heterocycles. The molecule has 2 aromatic rings. The minimum Gasteiger partial charge on any atom is -0.444 e. The van der Waals surface area contributed by atoms with Gasteiger partial charge in [0, 0.05) is 46.8 Å². The van der Waals surface area contributed by atoms with Crippen LogP contribution in [0, 0.1) is 10.8 Å². The molecule has 2 aliphatic rings. The Morgan fingerprint density at radius 3 is 1.43 bits per heavy atom. The number of amides is 5. The Balaban J connectivity index is 0.000000533. The third-order valence-corrected chi connectivity index (χ3v) is 9.70. The second-order valence-corrected chi connectivity index (χ2v) is 17.5. The lowest BCUT2D eigenvalue weighted by atomic mass is 9.86. The Morgan fingerprint density at radius 1 is 0.667 bits per heavy atom. The van der Waals surface area contributed by atoms with Gasteiger partial charge in [0.05, 0.1) is 17.9 Å². The van der Waals surface area contributed by atoms with Crippen LogP contribution in [0.15, 0.2) is 9.47 Å². The van der Waals surface area contributed by atoms with Gasteiger partial charge in [-0.3, -0.25) is 24.1 Å². The molecule has 0 fully saturated rings. The summed E-state index contributed by atoms with van der Waals surface area (Å²) in [6.45, 7) is 20.2. The van der Waals surface area contributed by atoms with E-state index in [1.165, 1.54) is 7.05 Å². The highest BCUT2D eigenvalue weighted by molar-refractivity contribution is 9.10. The van der Waals surface area contributed by atoms with Crippen LogP contribution in [-0.4, -0.2) is 111 Å². The average molecular weight is 891 g/mol. The lowest BCUT2D eigenvalue weighted by Crippen LogP contribution is -2.53. The monoisotopic (exact) mass is 888 g/mol. The van der Waals surface area contributed by atoms with Crippen LogP contribution in [0.2, 0.25) is 0 Å². The predicted octanol–water partition coefficient (Wildman–Crippen LogP) is 4.54. The molecular formula is C36H62Br2N10O6. The molecule has 2 aliphatic heterocycles. The Bertz CT molecular complexity index is 1670. The van der Waals surface area contributed by atoms with E-state index in [2.05, 4.69) is 68.0 Å². The number of likely N-dealkylation sites (N-methyl/N-ethyl adjacent to an activating group) is 3. The molecule has 2 atom stereocenters. The summed E-state index contributed by atoms with van der Waals surface area (Å²) in [4.78, 5) is 74.9. The van der Waals surface area contributed by atoms with Crippen molar-refractivity contribution >= 4 is 61.6 Å². The second kappa shape index (κ2) is 18.9. The standard InChI is InChI=1S/C19H30BrN5O4.C15H24BrN5O2.2CH4/c1-18(2,3)13(15(27)21-7)23-14(26)12-11-10-24(17(28)29-19(4,5)6)8-9-25(11)16(20)22-12;1-15(2,3)11(13(23)17-4)19-12(22)10-9-8-20(5)6-7-21(9)14(16)18-10;;/h13H,8-10H2,1-7H3,(H,21,27)(H,23,26);11H,6-8H2,1-5H3,(H,17,23)(H,19,22);2*1H4/t13-;11-;;/m11../s1. The number of carbonyl (C=O) groups is 5. The third kappa shape index (κ3) is 12.0. The van der Waals surface area contributed by atoms with Crippen LogP contribution < -0.4 is 21.3 Å². The molecule has 0 aliphatic carbocycles. The van der Waals surface area contributed by atoms with Crippen molar-refractivity contribution in [2.45, 2.75) is 121 Å². The van der Waals surface area contributed by atoms with Crippen molar-refractivity contribution in [3.05, 3.63) is 32.2 Å². The van der Waals surface area contributed by atoms with Gasteiger partial charge in [0.1, 0.15) is 17.7 Å². The van der Waals surface area contributed by atoms with E-state index >= 15 is 0 Å². The molecule has 54 heavy (non-hydrogen) atoms. The molecule has 0 radical (unpaired) electrons. The number of fused-ring (bicyclic) bond motifs is 2. The first-order valence-electron chi connectivity index (χ1n) is 17.1. The van der Waals surface area contributed by atoms with Crippen LogP contribution in [-0.2, 0) is 40.5 Å². The van der Waals surface area contributed by atoms with Crippen molar-refractivity contribution in [2.75, 3.05) is 34.2 Å². The second-order valence-electron chi connectivity index (χ2n) is 16.1. The molecule has 4 heterocycles. The van der Waals surface area contributed by atoms with Gasteiger partial charge in [-0.2, -0.15) is 0 Å². The predicted molar refractivity (Wildman–Crippen MR) is 216 cm³/mol. The van der Waals surface area contributed by atoms with E-state index in [1.54, 1.807) is 32.7 Å². The molecule has 0 saturated carbocycles. The van der Waals surface area contributed by atoms with Crippen molar-refractivity contribution in [1.29, 1.82) is 0 Å². The first-order valence-corrected chi connectivity index (χ1v) is 18.7. The van der Waals surface area contributed by atoms with Crippen molar-refractivity contribution in [3.63, 3.8) is 0 Å². The van der Waals surface area contributed by atoms with Crippen LogP contribution in [0.3, 0.4) is 0 Å². The fraction of sp³-hybridized carbons (Fsp3) is 0.694. The number of nitrogens with zero attached hydrogens (tertiary/aromatic N) is 6. The first kappa shape index (κ1) is 48.5. The Kier molecular flexibility index (Phi) is 17.0. The fourth-order valence-electron chi connectivity index (χ4n) is 5.66. The van der Waals surface area contributed by atoms with Gasteiger partial charge in [-0.25, -0.2) is 14.8 Å². The first-order chi connectivity index (χ1) is 23.9. The zero-order valence-corrected chi connectivity index (χ0v) is 35.5. The lowest BCUT2D eigenvalue weighted by Gasteiger charge is -2.32. The van der Waals surface area contributed by atoms with E-state index in [-0.39, 0.29) is 44.8 Å². The summed E-state index contributed by atoms with van der Waals surface area (Å²) in [5.74, 6) is -1.28. The largest absolute Gasteiger partial charge is 0.444 e. The lowest BCUT2D eigenvalue weighted by molar-refractivity contribution is -0.125. The van der Waals surface area contributed by atoms with Crippen molar-refractivity contribution in [2.24, 2.45) is 10.8 Å². The van der Waals surface area contributed by atoms with Gasteiger partial charge in [0.2, 0.25) is 11.8 Å². The van der Waals surface area contributed by atoms with Gasteiger partial charge in [-0.15, -0.1) is 0 Å². The van der Waals surface area contributed by atoms with Crippen molar-refractivity contribution in [1.82, 2.24) is 50.2 Å². The highest BCUT2D eigenvalue weighted by atomic mass is 79.9. The smallest absolute Gasteiger partial charge is 0.410 e. The van der Waals surface area contributed by atoms with E-state index in [4.69, 9.17) is 4.74 Å². The minimum atomic E-state index is -0.735. The van der Waals surface area contributed by atoms with Crippen LogP contribution in [0.5, 0.6) is 0 Å². The molecule has 2 aromatic heterocycles. The van der Waals surface area contributed by atoms with Gasteiger partial charge in [0.25, 0.3) is 11.8 Å². The number of halogens is 2.